The molecule has 2 rings (SSSR count). The van der Waals surface area contributed by atoms with Crippen molar-refractivity contribution in [2.75, 3.05) is 0 Å². The van der Waals surface area contributed by atoms with Crippen LogP contribution in [0.3, 0.4) is 0 Å². The smallest absolute Gasteiger partial charge is 0.0919 e. The van der Waals surface area contributed by atoms with Gasteiger partial charge in [-0.15, -0.1) is 0 Å². The molecule has 0 heterocycles. The van der Waals surface area contributed by atoms with Crippen LogP contribution in [0.2, 0.25) is 10.0 Å². The van der Waals surface area contributed by atoms with Crippen molar-refractivity contribution in [3.63, 3.8) is 0 Å². The van der Waals surface area contributed by atoms with E-state index in [2.05, 4.69) is 6.07 Å². The topological polar surface area (TPSA) is 23.8 Å². The lowest BCUT2D eigenvalue weighted by molar-refractivity contribution is 0.597. The van der Waals surface area contributed by atoms with Gasteiger partial charge in [-0.1, -0.05) is 41.4 Å². The molecule has 0 unspecified atom stereocenters. The van der Waals surface area contributed by atoms with E-state index >= 15 is 0 Å². The molecule has 0 saturated heterocycles. The second kappa shape index (κ2) is 3.89. The van der Waals surface area contributed by atoms with Crippen LogP contribution in [0.15, 0.2) is 30.4 Å². The third-order valence-corrected chi connectivity index (χ3v) is 3.38. The zero-order valence-corrected chi connectivity index (χ0v) is 9.52. The number of nitriles is 1. The van der Waals surface area contributed by atoms with Crippen molar-refractivity contribution in [2.45, 2.75) is 18.3 Å². The van der Waals surface area contributed by atoms with Gasteiger partial charge in [0.05, 0.1) is 11.5 Å². The van der Waals surface area contributed by atoms with Gasteiger partial charge in [0, 0.05) is 15.6 Å². The van der Waals surface area contributed by atoms with Crippen LogP contribution in [0.4, 0.5) is 0 Å². The van der Waals surface area contributed by atoms with Crippen molar-refractivity contribution in [2.24, 2.45) is 0 Å². The minimum Gasteiger partial charge on any atom is -0.197 e. The van der Waals surface area contributed by atoms with Gasteiger partial charge in [-0.3, -0.25) is 0 Å². The van der Waals surface area contributed by atoms with Crippen molar-refractivity contribution >= 4 is 23.2 Å². The normalized spacial score (nSPS) is 17.7. The molecule has 0 aliphatic heterocycles. The number of benzene rings is 1. The van der Waals surface area contributed by atoms with Crippen molar-refractivity contribution in [1.29, 1.82) is 5.26 Å². The Bertz CT molecular complexity index is 429. The van der Waals surface area contributed by atoms with Crippen LogP contribution in [0.1, 0.15) is 18.4 Å². The van der Waals surface area contributed by atoms with Crippen LogP contribution in [-0.4, -0.2) is 0 Å². The third kappa shape index (κ3) is 1.65. The minimum atomic E-state index is -0.560. The van der Waals surface area contributed by atoms with Crippen molar-refractivity contribution in [1.82, 2.24) is 0 Å². The predicted octanol–water partition coefficient (Wildman–Crippen LogP) is 4.10. The van der Waals surface area contributed by atoms with Crippen LogP contribution >= 0.6 is 23.2 Å². The third-order valence-electron chi connectivity index (χ3n) is 2.75. The number of allylic oxidation sites excluding steroid dienone is 2. The zero-order chi connectivity index (χ0) is 10.9. The maximum atomic E-state index is 9.31. The summed E-state index contributed by atoms with van der Waals surface area (Å²) in [5, 5.41) is 10.5. The molecule has 0 fully saturated rings. The van der Waals surface area contributed by atoms with Gasteiger partial charge in [-0.05, 0) is 25.0 Å². The average molecular weight is 238 g/mol. The molecular formula is C12H9Cl2N. The molecule has 0 spiro atoms. The molecule has 76 valence electrons. The highest BCUT2D eigenvalue weighted by Crippen LogP contribution is 2.43. The minimum absolute atomic E-state index is 0.560. The fraction of sp³-hybridized carbons (Fsp3) is 0.250. The Morgan fingerprint density at radius 1 is 1.13 bits per heavy atom. The molecule has 0 atom stereocenters. The second-order valence-electron chi connectivity index (χ2n) is 3.67. The Kier molecular flexibility index (Phi) is 2.73. The quantitative estimate of drug-likeness (QED) is 0.675. The summed E-state index contributed by atoms with van der Waals surface area (Å²) in [5.74, 6) is 0. The van der Waals surface area contributed by atoms with E-state index in [1.807, 2.05) is 12.2 Å². The molecular weight excluding hydrogens is 229 g/mol. The van der Waals surface area contributed by atoms with Gasteiger partial charge < -0.3 is 0 Å². The molecule has 1 aromatic rings. The van der Waals surface area contributed by atoms with E-state index in [0.29, 0.717) is 22.9 Å². The van der Waals surface area contributed by atoms with Crippen LogP contribution in [0.5, 0.6) is 0 Å². The molecule has 0 aromatic heterocycles. The first-order valence-corrected chi connectivity index (χ1v) is 5.46. The van der Waals surface area contributed by atoms with Gasteiger partial charge in [0.25, 0.3) is 0 Å². The monoisotopic (exact) mass is 237 g/mol. The van der Waals surface area contributed by atoms with E-state index in [1.54, 1.807) is 18.2 Å². The highest BCUT2D eigenvalue weighted by atomic mass is 35.5. The van der Waals surface area contributed by atoms with Crippen molar-refractivity contribution in [3.05, 3.63) is 46.0 Å². The molecule has 3 heteroatoms. The van der Waals surface area contributed by atoms with Gasteiger partial charge in [-0.2, -0.15) is 5.26 Å². The Balaban J connectivity index is 2.58. The zero-order valence-electron chi connectivity index (χ0n) is 8.00. The Morgan fingerprint density at radius 2 is 1.67 bits per heavy atom. The Labute approximate surface area is 98.9 Å². The first-order valence-electron chi connectivity index (χ1n) is 4.70. The van der Waals surface area contributed by atoms with E-state index in [1.165, 1.54) is 0 Å². The molecule has 15 heavy (non-hydrogen) atoms. The summed E-state index contributed by atoms with van der Waals surface area (Å²) < 4.78 is 0. The summed E-state index contributed by atoms with van der Waals surface area (Å²) in [7, 11) is 0. The fourth-order valence-electron chi connectivity index (χ4n) is 1.96. The molecule has 0 radical (unpaired) electrons. The molecule has 1 aliphatic carbocycles. The molecule has 0 N–H and O–H groups in total. The predicted molar refractivity (Wildman–Crippen MR) is 62.1 cm³/mol. The highest BCUT2D eigenvalue weighted by molar-refractivity contribution is 6.36. The maximum absolute atomic E-state index is 9.31. The molecule has 0 saturated carbocycles. The van der Waals surface area contributed by atoms with Crippen LogP contribution in [0.25, 0.3) is 0 Å². The first-order chi connectivity index (χ1) is 7.19. The summed E-state index contributed by atoms with van der Waals surface area (Å²) in [6, 6.07) is 7.69. The van der Waals surface area contributed by atoms with Gasteiger partial charge >= 0.3 is 0 Å². The first kappa shape index (κ1) is 10.5. The summed E-state index contributed by atoms with van der Waals surface area (Å²) in [6.07, 6.45) is 5.38. The summed E-state index contributed by atoms with van der Waals surface area (Å²) in [5.41, 5.74) is 0.205. The standard InChI is InChI=1S/C12H9Cl2N/c13-9-4-3-5-10(14)11(9)12(8-15)6-1-2-7-12/h1-5H,6-7H2. The molecule has 0 bridgehead atoms. The molecule has 0 amide bonds. The molecule has 1 aromatic carbocycles. The Hall–Kier alpha value is -0.970. The van der Waals surface area contributed by atoms with Crippen LogP contribution in [-0.2, 0) is 5.41 Å². The average Bonchev–Trinajstić information content (AvgIpc) is 2.67. The van der Waals surface area contributed by atoms with Gasteiger partial charge in [0.15, 0.2) is 0 Å². The lowest BCUT2D eigenvalue weighted by Gasteiger charge is -2.23. The maximum Gasteiger partial charge on any atom is 0.0919 e. The lowest BCUT2D eigenvalue weighted by atomic mass is 9.79. The van der Waals surface area contributed by atoms with E-state index in [4.69, 9.17) is 23.2 Å². The number of halogens is 2. The SMILES string of the molecule is N#CC1(c2c(Cl)cccc2Cl)CC=CC1. The summed E-state index contributed by atoms with van der Waals surface area (Å²) >= 11 is 12.2. The fourth-order valence-corrected chi connectivity index (χ4v) is 2.72. The number of hydrogen-bond acceptors (Lipinski definition) is 1. The molecule has 1 nitrogen and oxygen atoms in total. The van der Waals surface area contributed by atoms with Crippen molar-refractivity contribution < 1.29 is 0 Å². The highest BCUT2D eigenvalue weighted by Gasteiger charge is 2.36. The van der Waals surface area contributed by atoms with Crippen LogP contribution < -0.4 is 0 Å². The number of nitrogens with zero attached hydrogens (tertiary/aromatic N) is 1. The van der Waals surface area contributed by atoms with Crippen LogP contribution in [0, 0.1) is 11.3 Å². The van der Waals surface area contributed by atoms with E-state index in [9.17, 15) is 5.26 Å². The lowest BCUT2D eigenvalue weighted by Crippen LogP contribution is -2.20. The van der Waals surface area contributed by atoms with E-state index in [0.717, 1.165) is 5.56 Å². The summed E-state index contributed by atoms with van der Waals surface area (Å²) in [6.45, 7) is 0. The van der Waals surface area contributed by atoms with E-state index < -0.39 is 5.41 Å². The second-order valence-corrected chi connectivity index (χ2v) is 4.48. The van der Waals surface area contributed by atoms with Gasteiger partial charge in [0.1, 0.15) is 0 Å². The molecule has 1 aliphatic rings. The summed E-state index contributed by atoms with van der Waals surface area (Å²) in [4.78, 5) is 0. The Morgan fingerprint density at radius 3 is 2.13 bits per heavy atom. The van der Waals surface area contributed by atoms with Gasteiger partial charge in [-0.25, -0.2) is 0 Å². The number of hydrogen-bond donors (Lipinski definition) is 0. The number of rotatable bonds is 1. The van der Waals surface area contributed by atoms with Gasteiger partial charge in [0.2, 0.25) is 0 Å². The van der Waals surface area contributed by atoms with E-state index in [-0.39, 0.29) is 0 Å². The largest absolute Gasteiger partial charge is 0.197 e. The van der Waals surface area contributed by atoms with Crippen molar-refractivity contribution in [3.8, 4) is 6.07 Å².